The largest absolute Gasteiger partial charge is 0.269 e. The molecule has 0 saturated heterocycles. The van der Waals surface area contributed by atoms with Crippen molar-refractivity contribution in [3.8, 4) is 16.9 Å². The highest BCUT2D eigenvalue weighted by molar-refractivity contribution is 7.98. The number of rotatable bonds is 4. The highest BCUT2D eigenvalue weighted by Gasteiger charge is 2.43. The molecular formula is C31H30N2OS. The molecule has 176 valence electrons. The zero-order valence-corrected chi connectivity index (χ0v) is 21.0. The summed E-state index contributed by atoms with van der Waals surface area (Å²) in [4.78, 5) is 21.0. The first-order valence-corrected chi connectivity index (χ1v) is 13.6. The average molecular weight is 479 g/mol. The minimum Gasteiger partial charge on any atom is -0.269 e. The van der Waals surface area contributed by atoms with E-state index < -0.39 is 0 Å². The highest BCUT2D eigenvalue weighted by atomic mass is 32.2. The molecule has 0 atom stereocenters. The molecule has 1 aromatic heterocycles. The van der Waals surface area contributed by atoms with E-state index in [0.29, 0.717) is 5.75 Å². The van der Waals surface area contributed by atoms with E-state index in [1.807, 2.05) is 10.6 Å². The first-order chi connectivity index (χ1) is 17.1. The molecule has 6 rings (SSSR count). The maximum absolute atomic E-state index is 14.5. The van der Waals surface area contributed by atoms with Crippen LogP contribution in [0.1, 0.15) is 54.6 Å². The van der Waals surface area contributed by atoms with Crippen LogP contribution in [0.2, 0.25) is 0 Å². The van der Waals surface area contributed by atoms with Gasteiger partial charge in [0.05, 0.1) is 22.7 Å². The molecule has 0 unspecified atom stereocenters. The van der Waals surface area contributed by atoms with Gasteiger partial charge in [0.1, 0.15) is 5.82 Å². The van der Waals surface area contributed by atoms with Crippen LogP contribution >= 0.6 is 11.8 Å². The van der Waals surface area contributed by atoms with E-state index in [1.165, 1.54) is 35.3 Å². The van der Waals surface area contributed by atoms with Crippen molar-refractivity contribution in [2.24, 2.45) is 0 Å². The topological polar surface area (TPSA) is 34.9 Å². The summed E-state index contributed by atoms with van der Waals surface area (Å²) >= 11 is 1.73. The van der Waals surface area contributed by atoms with Gasteiger partial charge in [-0.25, -0.2) is 4.98 Å². The van der Waals surface area contributed by atoms with Gasteiger partial charge in [-0.3, -0.25) is 9.36 Å². The molecule has 0 N–H and O–H groups in total. The van der Waals surface area contributed by atoms with Crippen molar-refractivity contribution in [1.29, 1.82) is 0 Å². The van der Waals surface area contributed by atoms with Crippen molar-refractivity contribution in [3.63, 3.8) is 0 Å². The van der Waals surface area contributed by atoms with E-state index in [2.05, 4.69) is 79.7 Å². The fourth-order valence-electron chi connectivity index (χ4n) is 5.97. The molecule has 0 bridgehead atoms. The van der Waals surface area contributed by atoms with E-state index in [9.17, 15) is 4.79 Å². The summed E-state index contributed by atoms with van der Waals surface area (Å²) in [6.45, 7) is 2.08. The number of nitrogens with zero attached hydrogens (tertiary/aromatic N) is 2. The number of fused-ring (bicyclic) bond motifs is 4. The van der Waals surface area contributed by atoms with Gasteiger partial charge in [0.2, 0.25) is 0 Å². The van der Waals surface area contributed by atoms with Crippen molar-refractivity contribution < 1.29 is 0 Å². The lowest BCUT2D eigenvalue weighted by Crippen LogP contribution is -2.43. The number of aryl methyl sites for hydroxylation is 1. The molecule has 4 aromatic rings. The van der Waals surface area contributed by atoms with Gasteiger partial charge in [-0.05, 0) is 56.0 Å². The van der Waals surface area contributed by atoms with E-state index in [1.54, 1.807) is 11.8 Å². The molecule has 1 spiro atoms. The zero-order chi connectivity index (χ0) is 23.8. The molecule has 0 aliphatic heterocycles. The van der Waals surface area contributed by atoms with E-state index >= 15 is 0 Å². The van der Waals surface area contributed by atoms with Crippen LogP contribution < -0.4 is 5.56 Å². The lowest BCUT2D eigenvalue weighted by Gasteiger charge is -2.42. The molecule has 2 aliphatic carbocycles. The summed E-state index contributed by atoms with van der Waals surface area (Å²) < 4.78 is 1.90. The Morgan fingerprint density at radius 3 is 2.37 bits per heavy atom. The van der Waals surface area contributed by atoms with Gasteiger partial charge in [-0.1, -0.05) is 79.4 Å². The van der Waals surface area contributed by atoms with E-state index in [0.717, 1.165) is 47.6 Å². The lowest BCUT2D eigenvalue weighted by atomic mass is 9.62. The Balaban J connectivity index is 1.59. The molecule has 1 heterocycles. The van der Waals surface area contributed by atoms with Gasteiger partial charge in [-0.15, -0.1) is 11.8 Å². The standard InChI is InChI=1S/C31H30N2OS/c1-22-14-16-24(17-15-22)33-27(21-35-25-11-4-2-5-12-25)32-29-26-13-7-6-10-23(26)20-31(28(29)30(33)34)18-8-3-9-19-31/h2,4-7,10-17H,3,8-9,18-21H2,1H3. The van der Waals surface area contributed by atoms with E-state index in [4.69, 9.17) is 4.98 Å². The average Bonchev–Trinajstić information content (AvgIpc) is 2.89. The fourth-order valence-corrected chi connectivity index (χ4v) is 6.81. The van der Waals surface area contributed by atoms with E-state index in [-0.39, 0.29) is 11.0 Å². The third-order valence-corrected chi connectivity index (χ3v) is 8.71. The molecule has 2 aliphatic rings. The summed E-state index contributed by atoms with van der Waals surface area (Å²) in [6, 6.07) is 27.3. The molecule has 0 amide bonds. The summed E-state index contributed by atoms with van der Waals surface area (Å²) in [5.74, 6) is 1.45. The molecule has 3 nitrogen and oxygen atoms in total. The highest BCUT2D eigenvalue weighted by Crippen LogP contribution is 2.48. The van der Waals surface area contributed by atoms with Gasteiger partial charge in [0.25, 0.3) is 5.56 Å². The van der Waals surface area contributed by atoms with Crippen LogP contribution in [0.3, 0.4) is 0 Å². The number of hydrogen-bond acceptors (Lipinski definition) is 3. The number of hydrogen-bond donors (Lipinski definition) is 0. The van der Waals surface area contributed by atoms with Gasteiger partial charge >= 0.3 is 0 Å². The number of benzene rings is 3. The number of aromatic nitrogens is 2. The third-order valence-electron chi connectivity index (χ3n) is 7.70. The summed E-state index contributed by atoms with van der Waals surface area (Å²) in [6.07, 6.45) is 6.69. The predicted molar refractivity (Wildman–Crippen MR) is 144 cm³/mol. The Morgan fingerprint density at radius 2 is 1.60 bits per heavy atom. The molecule has 0 radical (unpaired) electrons. The number of thioether (sulfide) groups is 1. The molecule has 1 fully saturated rings. The summed E-state index contributed by atoms with van der Waals surface area (Å²) in [5, 5.41) is 0. The van der Waals surface area contributed by atoms with Crippen molar-refractivity contribution in [2.45, 2.75) is 61.5 Å². The molecule has 3 aromatic carbocycles. The summed E-state index contributed by atoms with van der Waals surface area (Å²) in [7, 11) is 0. The quantitative estimate of drug-likeness (QED) is 0.290. The minimum atomic E-state index is -0.108. The maximum Gasteiger partial charge on any atom is 0.262 e. The van der Waals surface area contributed by atoms with Crippen molar-refractivity contribution in [2.75, 3.05) is 0 Å². The monoisotopic (exact) mass is 478 g/mol. The van der Waals surface area contributed by atoms with Gasteiger partial charge in [0, 0.05) is 15.9 Å². The zero-order valence-electron chi connectivity index (χ0n) is 20.2. The van der Waals surface area contributed by atoms with Crippen LogP contribution in [0.15, 0.2) is 88.6 Å². The Bertz CT molecular complexity index is 1420. The third kappa shape index (κ3) is 4.04. The van der Waals surface area contributed by atoms with Gasteiger partial charge in [-0.2, -0.15) is 0 Å². The van der Waals surface area contributed by atoms with Crippen molar-refractivity contribution >= 4 is 11.8 Å². The molecule has 35 heavy (non-hydrogen) atoms. The second kappa shape index (κ2) is 9.16. The van der Waals surface area contributed by atoms with Crippen molar-refractivity contribution in [1.82, 2.24) is 9.55 Å². The minimum absolute atomic E-state index is 0.108. The van der Waals surface area contributed by atoms with Gasteiger partial charge in [0.15, 0.2) is 0 Å². The Hall–Kier alpha value is -3.11. The second-order valence-electron chi connectivity index (χ2n) is 10.0. The van der Waals surface area contributed by atoms with Crippen LogP contribution in [0.5, 0.6) is 0 Å². The normalized spacial score (nSPS) is 16.0. The van der Waals surface area contributed by atoms with Crippen molar-refractivity contribution in [3.05, 3.63) is 112 Å². The molecule has 1 saturated carbocycles. The Morgan fingerprint density at radius 1 is 0.886 bits per heavy atom. The summed E-state index contributed by atoms with van der Waals surface area (Å²) in [5.41, 5.74) is 6.45. The second-order valence-corrected chi connectivity index (χ2v) is 11.1. The van der Waals surface area contributed by atoms with Gasteiger partial charge < -0.3 is 0 Å². The SMILES string of the molecule is Cc1ccc(-n2c(CSc3ccccc3)nc3c(c2=O)C2(CCCCC2)Cc2ccccc2-3)cc1. The fraction of sp³-hybridized carbons (Fsp3) is 0.290. The van der Waals surface area contributed by atoms with Crippen LogP contribution in [0.4, 0.5) is 0 Å². The Kier molecular flexibility index (Phi) is 5.85. The van der Waals surface area contributed by atoms with Crippen LogP contribution in [-0.4, -0.2) is 9.55 Å². The van der Waals surface area contributed by atoms with Crippen LogP contribution in [-0.2, 0) is 17.6 Å². The molecule has 4 heteroatoms. The Labute approximate surface area is 211 Å². The maximum atomic E-state index is 14.5. The van der Waals surface area contributed by atoms with Crippen LogP contribution in [0, 0.1) is 6.92 Å². The predicted octanol–water partition coefficient (Wildman–Crippen LogP) is 7.26. The lowest BCUT2D eigenvalue weighted by molar-refractivity contribution is 0.284. The van der Waals surface area contributed by atoms with Crippen LogP contribution in [0.25, 0.3) is 16.9 Å². The molecular weight excluding hydrogens is 448 g/mol. The smallest absolute Gasteiger partial charge is 0.262 e. The first-order valence-electron chi connectivity index (χ1n) is 12.6. The first kappa shape index (κ1) is 22.4.